The van der Waals surface area contributed by atoms with Crippen molar-refractivity contribution in [2.24, 2.45) is 5.73 Å². The van der Waals surface area contributed by atoms with Gasteiger partial charge in [-0.2, -0.15) is 0 Å². The molecule has 0 aliphatic carbocycles. The number of aromatic hydroxyl groups is 1. The van der Waals surface area contributed by atoms with Crippen molar-refractivity contribution >= 4 is 10.0 Å². The van der Waals surface area contributed by atoms with Gasteiger partial charge in [0.1, 0.15) is 5.75 Å². The summed E-state index contributed by atoms with van der Waals surface area (Å²) in [6.45, 7) is 0.839. The van der Waals surface area contributed by atoms with Crippen molar-refractivity contribution in [3.8, 4) is 5.75 Å². The minimum atomic E-state index is -3.65. The number of nitrogens with two attached hydrogens (primary N) is 1. The van der Waals surface area contributed by atoms with E-state index in [0.717, 1.165) is 11.1 Å². The lowest BCUT2D eigenvalue weighted by atomic mass is 10.0. The molecule has 6 nitrogen and oxygen atoms in total. The first-order valence-corrected chi connectivity index (χ1v) is 11.8. The van der Waals surface area contributed by atoms with Gasteiger partial charge in [-0.05, 0) is 48.2 Å². The Kier molecular flexibility index (Phi) is 8.20. The first-order chi connectivity index (χ1) is 15.0. The third kappa shape index (κ3) is 7.18. The summed E-state index contributed by atoms with van der Waals surface area (Å²) in [7, 11) is -3.65. The van der Waals surface area contributed by atoms with E-state index >= 15 is 0 Å². The maximum atomic E-state index is 12.9. The number of phenolic OH excluding ortho intramolecular Hbond substituents is 1. The predicted octanol–water partition coefficient (Wildman–Crippen LogP) is 2.44. The summed E-state index contributed by atoms with van der Waals surface area (Å²) in [6, 6.07) is 24.8. The molecule has 7 heteroatoms. The molecule has 164 valence electrons. The SMILES string of the molecule is NC[C@H](Cc1ccc(O)cc1)NC[C@H](Cc1ccccc1)NS(=O)(=O)c1ccccc1. The molecule has 0 heterocycles. The third-order valence-electron chi connectivity index (χ3n) is 5.06. The van der Waals surface area contributed by atoms with Crippen molar-refractivity contribution in [3.63, 3.8) is 0 Å². The van der Waals surface area contributed by atoms with E-state index in [2.05, 4.69) is 10.0 Å². The first kappa shape index (κ1) is 23.0. The van der Waals surface area contributed by atoms with Crippen molar-refractivity contribution in [3.05, 3.63) is 96.1 Å². The van der Waals surface area contributed by atoms with E-state index < -0.39 is 10.0 Å². The second kappa shape index (κ2) is 11.1. The van der Waals surface area contributed by atoms with Crippen LogP contribution in [0.15, 0.2) is 89.8 Å². The van der Waals surface area contributed by atoms with Crippen molar-refractivity contribution in [2.75, 3.05) is 13.1 Å². The average molecular weight is 440 g/mol. The van der Waals surface area contributed by atoms with Crippen LogP contribution in [0.2, 0.25) is 0 Å². The normalized spacial score (nSPS) is 13.6. The first-order valence-electron chi connectivity index (χ1n) is 10.3. The van der Waals surface area contributed by atoms with E-state index in [-0.39, 0.29) is 22.7 Å². The van der Waals surface area contributed by atoms with Crippen LogP contribution < -0.4 is 15.8 Å². The fraction of sp³-hybridized carbons (Fsp3) is 0.250. The molecule has 2 atom stereocenters. The second-order valence-corrected chi connectivity index (χ2v) is 9.25. The molecule has 0 spiro atoms. The Morgan fingerprint density at radius 2 is 1.32 bits per heavy atom. The van der Waals surface area contributed by atoms with Crippen molar-refractivity contribution in [1.82, 2.24) is 10.0 Å². The van der Waals surface area contributed by atoms with Gasteiger partial charge in [-0.1, -0.05) is 60.7 Å². The number of hydrogen-bond donors (Lipinski definition) is 4. The zero-order valence-electron chi connectivity index (χ0n) is 17.3. The molecule has 0 saturated carbocycles. The highest BCUT2D eigenvalue weighted by Crippen LogP contribution is 2.13. The fourth-order valence-electron chi connectivity index (χ4n) is 3.41. The summed E-state index contributed by atoms with van der Waals surface area (Å²) in [5.41, 5.74) is 8.05. The quantitative estimate of drug-likeness (QED) is 0.367. The van der Waals surface area contributed by atoms with Crippen LogP contribution in [0, 0.1) is 0 Å². The van der Waals surface area contributed by atoms with Gasteiger partial charge in [0, 0.05) is 25.2 Å². The molecule has 0 radical (unpaired) electrons. The smallest absolute Gasteiger partial charge is 0.240 e. The van der Waals surface area contributed by atoms with E-state index in [1.807, 2.05) is 42.5 Å². The van der Waals surface area contributed by atoms with Crippen LogP contribution in [0.1, 0.15) is 11.1 Å². The Balaban J connectivity index is 1.70. The molecule has 0 aliphatic heterocycles. The number of nitrogens with one attached hydrogen (secondary N) is 2. The molecule has 5 N–H and O–H groups in total. The summed E-state index contributed by atoms with van der Waals surface area (Å²) in [4.78, 5) is 0.243. The molecule has 0 amide bonds. The van der Waals surface area contributed by atoms with Gasteiger partial charge in [0.15, 0.2) is 0 Å². The van der Waals surface area contributed by atoms with Gasteiger partial charge in [-0.3, -0.25) is 0 Å². The number of rotatable bonds is 11. The van der Waals surface area contributed by atoms with E-state index in [1.165, 1.54) is 0 Å². The zero-order valence-corrected chi connectivity index (χ0v) is 18.1. The minimum absolute atomic E-state index is 0.0240. The molecule has 0 saturated heterocycles. The highest BCUT2D eigenvalue weighted by atomic mass is 32.2. The van der Waals surface area contributed by atoms with Gasteiger partial charge in [-0.15, -0.1) is 0 Å². The average Bonchev–Trinajstić information content (AvgIpc) is 2.79. The van der Waals surface area contributed by atoms with Crippen LogP contribution in [-0.2, 0) is 22.9 Å². The number of sulfonamides is 1. The second-order valence-electron chi connectivity index (χ2n) is 7.53. The summed E-state index contributed by atoms with van der Waals surface area (Å²) in [5.74, 6) is 0.222. The number of hydrogen-bond acceptors (Lipinski definition) is 5. The molecule has 3 aromatic rings. The molecule has 0 aliphatic rings. The summed E-state index contributed by atoms with van der Waals surface area (Å²) in [6.07, 6.45) is 1.23. The largest absolute Gasteiger partial charge is 0.508 e. The maximum absolute atomic E-state index is 12.9. The lowest BCUT2D eigenvalue weighted by Gasteiger charge is -2.23. The molecule has 0 bridgehead atoms. The van der Waals surface area contributed by atoms with Gasteiger partial charge < -0.3 is 16.2 Å². The monoisotopic (exact) mass is 439 g/mol. The van der Waals surface area contributed by atoms with E-state index in [0.29, 0.717) is 25.9 Å². The van der Waals surface area contributed by atoms with Gasteiger partial charge >= 0.3 is 0 Å². The van der Waals surface area contributed by atoms with Crippen LogP contribution >= 0.6 is 0 Å². The van der Waals surface area contributed by atoms with Crippen LogP contribution in [-0.4, -0.2) is 38.7 Å². The molecular formula is C24H29N3O3S. The Morgan fingerprint density at radius 3 is 1.94 bits per heavy atom. The Bertz CT molecular complexity index is 1030. The summed E-state index contributed by atoms with van der Waals surface area (Å²) in [5, 5.41) is 12.9. The third-order valence-corrected chi connectivity index (χ3v) is 6.59. The summed E-state index contributed by atoms with van der Waals surface area (Å²) >= 11 is 0. The maximum Gasteiger partial charge on any atom is 0.240 e. The highest BCUT2D eigenvalue weighted by Gasteiger charge is 2.21. The van der Waals surface area contributed by atoms with Crippen molar-refractivity contribution in [2.45, 2.75) is 29.8 Å². The molecule has 0 fully saturated rings. The molecule has 0 aromatic heterocycles. The topological polar surface area (TPSA) is 104 Å². The fourth-order valence-corrected chi connectivity index (χ4v) is 4.66. The van der Waals surface area contributed by atoms with Crippen LogP contribution in [0.4, 0.5) is 0 Å². The van der Waals surface area contributed by atoms with E-state index in [1.54, 1.807) is 42.5 Å². The molecule has 3 rings (SSSR count). The van der Waals surface area contributed by atoms with Crippen LogP contribution in [0.3, 0.4) is 0 Å². The van der Waals surface area contributed by atoms with Gasteiger partial charge in [0.25, 0.3) is 0 Å². The van der Waals surface area contributed by atoms with Crippen molar-refractivity contribution < 1.29 is 13.5 Å². The van der Waals surface area contributed by atoms with E-state index in [9.17, 15) is 13.5 Å². The summed E-state index contributed by atoms with van der Waals surface area (Å²) < 4.78 is 28.6. The molecule has 3 aromatic carbocycles. The molecule has 31 heavy (non-hydrogen) atoms. The Hall–Kier alpha value is -2.71. The number of benzene rings is 3. The highest BCUT2D eigenvalue weighted by molar-refractivity contribution is 7.89. The Labute approximate surface area is 184 Å². The lowest BCUT2D eigenvalue weighted by Crippen LogP contribution is -2.48. The molecular weight excluding hydrogens is 410 g/mol. The minimum Gasteiger partial charge on any atom is -0.508 e. The van der Waals surface area contributed by atoms with Gasteiger partial charge in [0.2, 0.25) is 10.0 Å². The zero-order chi connectivity index (χ0) is 22.1. The van der Waals surface area contributed by atoms with E-state index in [4.69, 9.17) is 5.73 Å². The molecule has 0 unspecified atom stereocenters. The van der Waals surface area contributed by atoms with Gasteiger partial charge in [-0.25, -0.2) is 13.1 Å². The van der Waals surface area contributed by atoms with Crippen LogP contribution in [0.5, 0.6) is 5.75 Å². The predicted molar refractivity (Wildman–Crippen MR) is 123 cm³/mol. The lowest BCUT2D eigenvalue weighted by molar-refractivity contribution is 0.456. The Morgan fingerprint density at radius 1 is 0.774 bits per heavy atom. The van der Waals surface area contributed by atoms with Crippen molar-refractivity contribution in [1.29, 1.82) is 0 Å². The van der Waals surface area contributed by atoms with Gasteiger partial charge in [0.05, 0.1) is 4.90 Å². The number of phenols is 1. The van der Waals surface area contributed by atoms with Crippen LogP contribution in [0.25, 0.3) is 0 Å². The standard InChI is InChI=1S/C24H29N3O3S/c25-17-21(15-20-11-13-23(28)14-12-20)26-18-22(16-19-7-3-1-4-8-19)27-31(29,30)24-9-5-2-6-10-24/h1-14,21-22,26-28H,15-18,25H2/t21-,22-/m0/s1.